The van der Waals surface area contributed by atoms with E-state index in [9.17, 15) is 13.2 Å². The Hall–Kier alpha value is -3.68. The number of rotatable bonds is 5. The third-order valence-electron chi connectivity index (χ3n) is 6.05. The summed E-state index contributed by atoms with van der Waals surface area (Å²) in [6, 6.07) is 15.5. The molecule has 4 aromatic rings. The summed E-state index contributed by atoms with van der Waals surface area (Å²) in [6.45, 7) is 2.60. The molecule has 8 heteroatoms. The Kier molecular flexibility index (Phi) is 5.59. The summed E-state index contributed by atoms with van der Waals surface area (Å²) in [5, 5.41) is 3.46. The predicted octanol–water partition coefficient (Wildman–Crippen LogP) is 5.97. The smallest absolute Gasteiger partial charge is 0.366 e. The van der Waals surface area contributed by atoms with Gasteiger partial charge in [-0.05, 0) is 37.8 Å². The number of aryl methyl sites for hydroxylation is 3. The van der Waals surface area contributed by atoms with Crippen LogP contribution in [-0.2, 0) is 32.6 Å². The maximum Gasteiger partial charge on any atom is 0.434 e. The molecule has 0 amide bonds. The number of hydrogen-bond donors (Lipinski definition) is 1. The van der Waals surface area contributed by atoms with E-state index < -0.39 is 11.9 Å². The molecule has 5 nitrogen and oxygen atoms in total. The van der Waals surface area contributed by atoms with E-state index in [-0.39, 0.29) is 5.82 Å². The van der Waals surface area contributed by atoms with Crippen molar-refractivity contribution in [3.05, 3.63) is 82.8 Å². The predicted molar refractivity (Wildman–Crippen MR) is 125 cm³/mol. The lowest BCUT2D eigenvalue weighted by molar-refractivity contribution is -0.140. The summed E-state index contributed by atoms with van der Waals surface area (Å²) in [5.74, 6) is 1.85. The molecule has 2 aromatic carbocycles. The fraction of sp³-hybridized carbons (Fsp3) is 0.269. The molecule has 0 spiro atoms. The van der Waals surface area contributed by atoms with Crippen molar-refractivity contribution in [3.63, 3.8) is 0 Å². The van der Waals surface area contributed by atoms with Gasteiger partial charge in [0.05, 0.1) is 0 Å². The number of imidazole rings is 1. The number of aromatic nitrogens is 4. The minimum Gasteiger partial charge on any atom is -0.366 e. The molecule has 0 aliphatic heterocycles. The number of anilines is 1. The Bertz CT molecular complexity index is 1340. The van der Waals surface area contributed by atoms with Crippen molar-refractivity contribution in [2.75, 3.05) is 5.32 Å². The van der Waals surface area contributed by atoms with E-state index in [2.05, 4.69) is 29.4 Å². The van der Waals surface area contributed by atoms with Crippen molar-refractivity contribution < 1.29 is 13.2 Å². The van der Waals surface area contributed by atoms with Crippen LogP contribution in [0, 0.1) is 6.92 Å². The summed E-state index contributed by atoms with van der Waals surface area (Å²) in [7, 11) is 1.56. The first kappa shape index (κ1) is 22.1. The fourth-order valence-corrected chi connectivity index (χ4v) is 4.32. The highest BCUT2D eigenvalue weighted by Crippen LogP contribution is 2.32. The minimum absolute atomic E-state index is 0.281. The molecule has 1 aliphatic carbocycles. The summed E-state index contributed by atoms with van der Waals surface area (Å²) in [6.07, 6.45) is -0.496. The molecule has 0 fully saturated rings. The van der Waals surface area contributed by atoms with Gasteiger partial charge in [0.2, 0.25) is 0 Å². The van der Waals surface area contributed by atoms with Crippen LogP contribution in [0.4, 0.5) is 19.0 Å². The first-order valence-corrected chi connectivity index (χ1v) is 11.2. The molecule has 0 radical (unpaired) electrons. The molecule has 0 saturated heterocycles. The number of alkyl halides is 3. The molecule has 0 atom stereocenters. The van der Waals surface area contributed by atoms with Crippen LogP contribution in [0.2, 0.25) is 0 Å². The van der Waals surface area contributed by atoms with E-state index >= 15 is 0 Å². The average Bonchev–Trinajstić information content (AvgIpc) is 3.44. The summed E-state index contributed by atoms with van der Waals surface area (Å²) in [5.41, 5.74) is 5.16. The number of benzene rings is 2. The largest absolute Gasteiger partial charge is 0.434 e. The topological polar surface area (TPSA) is 55.6 Å². The molecular formula is C26H24F3N5. The van der Waals surface area contributed by atoms with E-state index in [1.54, 1.807) is 19.2 Å². The molecule has 0 saturated carbocycles. The molecule has 34 heavy (non-hydrogen) atoms. The number of nitrogens with zero attached hydrogens (tertiary/aromatic N) is 4. The van der Waals surface area contributed by atoms with Crippen LogP contribution in [0.15, 0.2) is 54.7 Å². The monoisotopic (exact) mass is 463 g/mol. The van der Waals surface area contributed by atoms with Gasteiger partial charge >= 0.3 is 6.18 Å². The van der Waals surface area contributed by atoms with Crippen molar-refractivity contribution in [3.8, 4) is 22.8 Å². The van der Waals surface area contributed by atoms with Gasteiger partial charge in [0, 0.05) is 42.2 Å². The zero-order valence-electron chi connectivity index (χ0n) is 18.9. The van der Waals surface area contributed by atoms with Crippen LogP contribution in [0.3, 0.4) is 0 Å². The number of nitrogens with one attached hydrogen (secondary N) is 1. The SMILES string of the molecule is Cc1cccc(-c2nc3c(c(NCc4ccc(-c5nc(C(F)(F)F)cn5C)cc4)n2)CCC3)c1. The Morgan fingerprint density at radius 3 is 2.47 bits per heavy atom. The Labute approximate surface area is 195 Å². The molecule has 5 rings (SSSR count). The van der Waals surface area contributed by atoms with Gasteiger partial charge in [0.15, 0.2) is 11.5 Å². The van der Waals surface area contributed by atoms with Gasteiger partial charge in [-0.1, -0.05) is 48.0 Å². The van der Waals surface area contributed by atoms with Crippen LogP contribution in [0.1, 0.15) is 34.5 Å². The van der Waals surface area contributed by atoms with E-state index in [0.29, 0.717) is 12.1 Å². The maximum atomic E-state index is 13.0. The highest BCUT2D eigenvalue weighted by atomic mass is 19.4. The average molecular weight is 464 g/mol. The van der Waals surface area contributed by atoms with Gasteiger partial charge in [-0.25, -0.2) is 15.0 Å². The molecule has 2 heterocycles. The van der Waals surface area contributed by atoms with Crippen molar-refractivity contribution >= 4 is 5.82 Å². The van der Waals surface area contributed by atoms with Crippen LogP contribution in [0.25, 0.3) is 22.8 Å². The lowest BCUT2D eigenvalue weighted by Crippen LogP contribution is -2.07. The lowest BCUT2D eigenvalue weighted by Gasteiger charge is -2.13. The minimum atomic E-state index is -4.46. The van der Waals surface area contributed by atoms with Gasteiger partial charge in [-0.3, -0.25) is 0 Å². The van der Waals surface area contributed by atoms with Crippen LogP contribution in [0.5, 0.6) is 0 Å². The number of fused-ring (bicyclic) bond motifs is 1. The van der Waals surface area contributed by atoms with Crippen molar-refractivity contribution in [2.45, 2.75) is 38.9 Å². The second-order valence-electron chi connectivity index (χ2n) is 8.65. The van der Waals surface area contributed by atoms with E-state index in [1.807, 2.05) is 24.3 Å². The molecule has 1 aliphatic rings. The normalized spacial score (nSPS) is 13.2. The van der Waals surface area contributed by atoms with Crippen molar-refractivity contribution in [2.24, 2.45) is 7.05 Å². The fourth-order valence-electron chi connectivity index (χ4n) is 4.32. The van der Waals surface area contributed by atoms with Crippen LogP contribution < -0.4 is 5.32 Å². The molecule has 174 valence electrons. The Morgan fingerprint density at radius 2 is 1.76 bits per heavy atom. The Morgan fingerprint density at radius 1 is 0.971 bits per heavy atom. The molecule has 1 N–H and O–H groups in total. The number of hydrogen-bond acceptors (Lipinski definition) is 4. The van der Waals surface area contributed by atoms with Gasteiger partial charge in [-0.2, -0.15) is 13.2 Å². The third kappa shape index (κ3) is 4.40. The first-order valence-electron chi connectivity index (χ1n) is 11.2. The second kappa shape index (κ2) is 8.59. The van der Waals surface area contributed by atoms with Gasteiger partial charge in [0.25, 0.3) is 0 Å². The second-order valence-corrected chi connectivity index (χ2v) is 8.65. The van der Waals surface area contributed by atoms with E-state index in [1.165, 1.54) is 10.1 Å². The number of halogens is 3. The van der Waals surface area contributed by atoms with Crippen LogP contribution >= 0.6 is 0 Å². The summed E-state index contributed by atoms with van der Waals surface area (Å²) >= 11 is 0. The zero-order valence-corrected chi connectivity index (χ0v) is 18.9. The molecular weight excluding hydrogens is 439 g/mol. The van der Waals surface area contributed by atoms with Crippen molar-refractivity contribution in [1.29, 1.82) is 0 Å². The van der Waals surface area contributed by atoms with E-state index in [4.69, 9.17) is 9.97 Å². The molecule has 0 bridgehead atoms. The highest BCUT2D eigenvalue weighted by molar-refractivity contribution is 5.62. The van der Waals surface area contributed by atoms with Gasteiger partial charge < -0.3 is 9.88 Å². The standard InChI is InChI=1S/C26H24F3N5/c1-16-5-3-6-19(13-16)23-31-21-8-4-7-20(21)24(33-23)30-14-17-9-11-18(12-10-17)25-32-22(15-34(25)2)26(27,28)29/h3,5-6,9-13,15H,4,7-8,14H2,1-2H3,(H,30,31,33). The Balaban J connectivity index is 1.36. The van der Waals surface area contributed by atoms with Gasteiger partial charge in [0.1, 0.15) is 11.6 Å². The maximum absolute atomic E-state index is 13.0. The van der Waals surface area contributed by atoms with Crippen LogP contribution in [-0.4, -0.2) is 19.5 Å². The third-order valence-corrected chi connectivity index (χ3v) is 6.05. The quantitative estimate of drug-likeness (QED) is 0.396. The van der Waals surface area contributed by atoms with E-state index in [0.717, 1.165) is 59.5 Å². The van der Waals surface area contributed by atoms with Gasteiger partial charge in [-0.15, -0.1) is 0 Å². The lowest BCUT2D eigenvalue weighted by atomic mass is 10.1. The highest BCUT2D eigenvalue weighted by Gasteiger charge is 2.34. The summed E-state index contributed by atoms with van der Waals surface area (Å²) in [4.78, 5) is 13.4. The first-order chi connectivity index (χ1) is 16.3. The molecule has 0 unspecified atom stereocenters. The van der Waals surface area contributed by atoms with Crippen molar-refractivity contribution in [1.82, 2.24) is 19.5 Å². The zero-order chi connectivity index (χ0) is 23.9. The molecule has 2 aromatic heterocycles. The summed E-state index contributed by atoms with van der Waals surface area (Å²) < 4.78 is 40.3.